The van der Waals surface area contributed by atoms with E-state index in [0.29, 0.717) is 16.8 Å². The summed E-state index contributed by atoms with van der Waals surface area (Å²) in [7, 11) is 0. The number of aliphatic hydroxyl groups is 1. The Labute approximate surface area is 263 Å². The molecule has 1 aromatic rings. The lowest BCUT2D eigenvalue weighted by molar-refractivity contribution is -0.228. The third-order valence-corrected chi connectivity index (χ3v) is 12.1. The third kappa shape index (κ3) is 4.59. The molecule has 11 heteroatoms. The molecule has 43 heavy (non-hydrogen) atoms. The number of alkyl halides is 2. The van der Waals surface area contributed by atoms with Gasteiger partial charge in [0.2, 0.25) is 5.12 Å². The molecule has 0 amide bonds. The van der Waals surface area contributed by atoms with Gasteiger partial charge in [-0.25, -0.2) is 8.78 Å². The van der Waals surface area contributed by atoms with E-state index in [9.17, 15) is 24.3 Å². The minimum absolute atomic E-state index is 0.00197. The van der Waals surface area contributed by atoms with E-state index in [-0.39, 0.29) is 47.6 Å². The second kappa shape index (κ2) is 11.1. The lowest BCUT2D eigenvalue weighted by Crippen LogP contribution is -2.70. The summed E-state index contributed by atoms with van der Waals surface area (Å²) in [6.45, 7) is 6.52. The Balaban J connectivity index is 1.54. The SMILES string of the molecule is CCC(=O)O[C@]1(C(=O)SCC(=O)c2ccc(Cl)cc2Cl)[C@H](C)C[C@H]2[C@@H]3C[C@H](F)C4=CC(=O)C=C[C@]4(C)[C@@]3(F)[C@@H](O)C[C@@]21C. The van der Waals surface area contributed by atoms with Crippen LogP contribution in [0.2, 0.25) is 10.0 Å². The maximum absolute atomic E-state index is 17.6. The molecule has 1 aromatic carbocycles. The monoisotopic (exact) mass is 654 g/mol. The summed E-state index contributed by atoms with van der Waals surface area (Å²) >= 11 is 12.8. The van der Waals surface area contributed by atoms with Gasteiger partial charge in [-0.15, -0.1) is 0 Å². The zero-order valence-electron chi connectivity index (χ0n) is 24.3. The van der Waals surface area contributed by atoms with Gasteiger partial charge >= 0.3 is 5.97 Å². The number of esters is 1. The van der Waals surface area contributed by atoms with Crippen molar-refractivity contribution in [2.24, 2.45) is 28.6 Å². The largest absolute Gasteiger partial charge is 0.449 e. The van der Waals surface area contributed by atoms with Gasteiger partial charge in [-0.05, 0) is 68.0 Å². The van der Waals surface area contributed by atoms with Crippen LogP contribution in [0.25, 0.3) is 0 Å². The normalized spacial score (nSPS) is 39.8. The number of fused-ring (bicyclic) bond motifs is 5. The quantitative estimate of drug-likeness (QED) is 0.269. The molecule has 0 aromatic heterocycles. The van der Waals surface area contributed by atoms with Crippen LogP contribution >= 0.6 is 35.0 Å². The van der Waals surface area contributed by atoms with E-state index in [1.165, 1.54) is 37.3 Å². The van der Waals surface area contributed by atoms with Crippen molar-refractivity contribution in [1.29, 1.82) is 0 Å². The zero-order chi connectivity index (χ0) is 31.7. The number of benzene rings is 1. The van der Waals surface area contributed by atoms with Crippen molar-refractivity contribution in [2.75, 3.05) is 5.75 Å². The van der Waals surface area contributed by atoms with Crippen molar-refractivity contribution in [3.8, 4) is 0 Å². The van der Waals surface area contributed by atoms with Crippen LogP contribution in [0.15, 0.2) is 42.0 Å². The van der Waals surface area contributed by atoms with Crippen LogP contribution in [0.5, 0.6) is 0 Å². The number of ketones is 2. The number of ether oxygens (including phenoxy) is 1. The second-order valence-corrected chi connectivity index (χ2v) is 14.5. The molecule has 3 saturated carbocycles. The highest BCUT2D eigenvalue weighted by Crippen LogP contribution is 2.72. The molecule has 6 nitrogen and oxygen atoms in total. The predicted molar refractivity (Wildman–Crippen MR) is 161 cm³/mol. The van der Waals surface area contributed by atoms with Crippen LogP contribution in [0.3, 0.4) is 0 Å². The molecule has 4 aliphatic carbocycles. The Morgan fingerprint density at radius 3 is 2.51 bits per heavy atom. The van der Waals surface area contributed by atoms with Crippen molar-refractivity contribution >= 4 is 57.6 Å². The second-order valence-electron chi connectivity index (χ2n) is 12.7. The molecule has 232 valence electrons. The van der Waals surface area contributed by atoms with Gasteiger partial charge in [0.25, 0.3) is 0 Å². The minimum Gasteiger partial charge on any atom is -0.449 e. The van der Waals surface area contributed by atoms with Crippen molar-refractivity contribution in [1.82, 2.24) is 0 Å². The van der Waals surface area contributed by atoms with E-state index in [1.54, 1.807) is 20.8 Å². The average molecular weight is 656 g/mol. The standard InChI is InChI=1S/C32H34Cl2F2O6S/c1-5-27(40)42-32(28(41)43-15-25(38)19-7-6-17(33)11-23(19)34)16(2)10-20-21-13-24(35)22-12-18(37)8-9-29(22,3)31(21,36)26(39)14-30(20,32)4/h6-9,11-12,16,20-21,24,26,39H,5,10,13-15H2,1-4H3/t16-,20+,21+,24+,26+,29+,30+,31+,32+/m1/s1. The summed E-state index contributed by atoms with van der Waals surface area (Å²) in [4.78, 5) is 52.3. The van der Waals surface area contributed by atoms with Gasteiger partial charge < -0.3 is 9.84 Å². The molecule has 0 heterocycles. The fourth-order valence-corrected chi connectivity index (χ4v) is 10.1. The molecule has 0 spiro atoms. The number of hydrogen-bond acceptors (Lipinski definition) is 7. The van der Waals surface area contributed by atoms with Gasteiger partial charge in [-0.1, -0.05) is 61.8 Å². The zero-order valence-corrected chi connectivity index (χ0v) is 26.6. The number of carbonyl (C=O) groups excluding carboxylic acids is 4. The molecule has 3 fully saturated rings. The highest BCUT2D eigenvalue weighted by molar-refractivity contribution is 8.14. The van der Waals surface area contributed by atoms with E-state index in [4.69, 9.17) is 27.9 Å². The summed E-state index contributed by atoms with van der Waals surface area (Å²) < 4.78 is 39.4. The van der Waals surface area contributed by atoms with E-state index >= 15 is 8.78 Å². The highest BCUT2D eigenvalue weighted by Gasteiger charge is 2.78. The van der Waals surface area contributed by atoms with E-state index in [2.05, 4.69) is 0 Å². The molecule has 4 aliphatic rings. The summed E-state index contributed by atoms with van der Waals surface area (Å²) in [5.74, 6) is -4.18. The maximum Gasteiger partial charge on any atom is 0.306 e. The van der Waals surface area contributed by atoms with Crippen LogP contribution in [-0.2, 0) is 19.1 Å². The number of halogens is 4. The van der Waals surface area contributed by atoms with E-state index < -0.39 is 74.8 Å². The minimum atomic E-state index is -2.34. The Bertz CT molecular complexity index is 1460. The van der Waals surface area contributed by atoms with Crippen LogP contribution in [-0.4, -0.2) is 57.1 Å². The van der Waals surface area contributed by atoms with Gasteiger partial charge in [0, 0.05) is 39.7 Å². The Hall–Kier alpha value is -2.07. The summed E-state index contributed by atoms with van der Waals surface area (Å²) in [6, 6.07) is 4.40. The topological polar surface area (TPSA) is 97.7 Å². The van der Waals surface area contributed by atoms with Crippen molar-refractivity contribution in [3.63, 3.8) is 0 Å². The first-order valence-corrected chi connectivity index (χ1v) is 16.1. The molecular formula is C32H34Cl2F2O6S. The Kier molecular flexibility index (Phi) is 8.32. The first kappa shape index (κ1) is 32.3. The lowest BCUT2D eigenvalue weighted by Gasteiger charge is -2.63. The van der Waals surface area contributed by atoms with Crippen LogP contribution in [0, 0.1) is 28.6 Å². The van der Waals surface area contributed by atoms with Gasteiger partial charge in [0.05, 0.1) is 16.9 Å². The van der Waals surface area contributed by atoms with Crippen molar-refractivity contribution in [3.05, 3.63) is 57.6 Å². The summed E-state index contributed by atoms with van der Waals surface area (Å²) in [5, 5.41) is 11.5. The molecule has 9 atom stereocenters. The average Bonchev–Trinajstić information content (AvgIpc) is 3.16. The lowest BCUT2D eigenvalue weighted by atomic mass is 9.44. The number of carbonyl (C=O) groups is 4. The Morgan fingerprint density at radius 2 is 1.86 bits per heavy atom. The number of aliphatic hydroxyl groups excluding tert-OH is 1. The van der Waals surface area contributed by atoms with Crippen LogP contribution in [0.1, 0.15) is 63.7 Å². The molecule has 0 saturated heterocycles. The van der Waals surface area contributed by atoms with Crippen LogP contribution < -0.4 is 0 Å². The van der Waals surface area contributed by atoms with Crippen molar-refractivity contribution in [2.45, 2.75) is 76.9 Å². The third-order valence-electron chi connectivity index (χ3n) is 10.6. The number of thioether (sulfide) groups is 1. The molecule has 5 rings (SSSR count). The molecular weight excluding hydrogens is 621 g/mol. The first-order valence-electron chi connectivity index (χ1n) is 14.4. The summed E-state index contributed by atoms with van der Waals surface area (Å²) in [5.41, 5.74) is -6.84. The van der Waals surface area contributed by atoms with Crippen molar-refractivity contribution < 1.29 is 37.8 Å². The summed E-state index contributed by atoms with van der Waals surface area (Å²) in [6.07, 6.45) is 0.00612. The predicted octanol–water partition coefficient (Wildman–Crippen LogP) is 6.69. The smallest absolute Gasteiger partial charge is 0.306 e. The number of allylic oxidation sites excluding steroid dienone is 4. The van der Waals surface area contributed by atoms with E-state index in [0.717, 1.165) is 6.08 Å². The highest BCUT2D eigenvalue weighted by atomic mass is 35.5. The number of Topliss-reactive ketones (excluding diaryl/α,β-unsaturated/α-hetero) is 1. The van der Waals surface area contributed by atoms with Gasteiger partial charge in [-0.3, -0.25) is 19.2 Å². The number of hydrogen-bond donors (Lipinski definition) is 1. The Morgan fingerprint density at radius 1 is 1.16 bits per heavy atom. The fraction of sp³-hybridized carbons (Fsp3) is 0.562. The molecule has 0 aliphatic heterocycles. The molecule has 0 bridgehead atoms. The van der Waals surface area contributed by atoms with Crippen LogP contribution in [0.4, 0.5) is 8.78 Å². The molecule has 0 unspecified atom stereocenters. The fourth-order valence-electron chi connectivity index (χ4n) is 8.50. The van der Waals surface area contributed by atoms with Gasteiger partial charge in [0.1, 0.15) is 6.17 Å². The van der Waals surface area contributed by atoms with Gasteiger partial charge in [0.15, 0.2) is 22.8 Å². The van der Waals surface area contributed by atoms with E-state index in [1.807, 2.05) is 0 Å². The maximum atomic E-state index is 17.6. The molecule has 1 N–H and O–H groups in total. The van der Waals surface area contributed by atoms with Gasteiger partial charge in [-0.2, -0.15) is 0 Å². The molecule has 0 radical (unpaired) electrons. The first-order chi connectivity index (χ1) is 20.1. The number of rotatable bonds is 6.